The molecule has 6 aromatic rings. The van der Waals surface area contributed by atoms with Gasteiger partial charge in [0, 0.05) is 33.4 Å². The topological polar surface area (TPSA) is 202 Å². The van der Waals surface area contributed by atoms with Crippen LogP contribution in [0.4, 0.5) is 0 Å². The molecule has 0 bridgehead atoms. The molecule has 0 aliphatic carbocycles. The van der Waals surface area contributed by atoms with Gasteiger partial charge in [-0.2, -0.15) is 9.12 Å². The summed E-state index contributed by atoms with van der Waals surface area (Å²) >= 11 is 4.74. The highest BCUT2D eigenvalue weighted by Crippen LogP contribution is 2.17. The predicted molar refractivity (Wildman–Crippen MR) is 231 cm³/mol. The van der Waals surface area contributed by atoms with E-state index in [-0.39, 0.29) is 29.0 Å². The minimum Gasteiger partial charge on any atom is -0.508 e. The lowest BCUT2D eigenvalue weighted by molar-refractivity contribution is -0.140. The monoisotopic (exact) mass is 848 g/mol. The molecule has 6 rings (SSSR count). The molecule has 0 heterocycles. The molecule has 2 radical (unpaired) electrons. The van der Waals surface area contributed by atoms with Crippen LogP contribution in [0, 0.1) is 0 Å². The number of hydrogen-bond donors (Lipinski definition) is 4. The summed E-state index contributed by atoms with van der Waals surface area (Å²) in [6.07, 6.45) is 0. The lowest BCUT2D eigenvalue weighted by Crippen LogP contribution is -2.09. The zero-order chi connectivity index (χ0) is 44.3. The fraction of sp³-hybridized carbons (Fsp3) is 0.0667. The molecule has 12 nitrogen and oxygen atoms in total. The lowest BCUT2D eigenvalue weighted by atomic mass is 10.0. The van der Waals surface area contributed by atoms with Gasteiger partial charge in [0.25, 0.3) is 0 Å². The molecule has 0 saturated carbocycles. The summed E-state index contributed by atoms with van der Waals surface area (Å²) < 4.78 is 9.99. The first-order chi connectivity index (χ1) is 28.9. The minimum absolute atomic E-state index is 0.0319. The third kappa shape index (κ3) is 18.5. The van der Waals surface area contributed by atoms with Crippen LogP contribution in [0.15, 0.2) is 164 Å². The molecule has 0 fully saturated rings. The van der Waals surface area contributed by atoms with Gasteiger partial charge >= 0.3 is 17.9 Å². The van der Waals surface area contributed by atoms with Crippen LogP contribution in [-0.4, -0.2) is 82.3 Å². The van der Waals surface area contributed by atoms with Gasteiger partial charge in [-0.3, -0.25) is 19.2 Å². The number of hydrogen-bond acceptors (Lipinski definition) is 9. The fourth-order valence-electron chi connectivity index (χ4n) is 4.58. The number of rotatable bonds is 13. The van der Waals surface area contributed by atoms with Crippen molar-refractivity contribution in [2.45, 2.75) is 0 Å². The second-order valence-electron chi connectivity index (χ2n) is 11.6. The Morgan fingerprint density at radius 2 is 0.650 bits per heavy atom. The van der Waals surface area contributed by atoms with Crippen molar-refractivity contribution in [2.24, 2.45) is 0 Å². The van der Waals surface area contributed by atoms with Gasteiger partial charge in [0.1, 0.15) is 23.1 Å². The number of carboxylic acid groups (broad SMARTS) is 3. The smallest absolute Gasteiger partial charge is 0.341 e. The van der Waals surface area contributed by atoms with Crippen LogP contribution in [-0.2, 0) is 14.4 Å². The van der Waals surface area contributed by atoms with E-state index in [0.717, 1.165) is 0 Å². The summed E-state index contributed by atoms with van der Waals surface area (Å²) in [7, 11) is 6.33. The van der Waals surface area contributed by atoms with Crippen molar-refractivity contribution in [3.05, 3.63) is 197 Å². The molecule has 4 N–H and O–H groups in total. The lowest BCUT2D eigenvalue weighted by Gasteiger charge is -2.04. The van der Waals surface area contributed by atoms with Crippen LogP contribution < -0.4 is 9.47 Å². The number of halogens is 1. The normalized spacial score (nSPS) is 9.43. The first-order valence-electron chi connectivity index (χ1n) is 17.5. The highest BCUT2D eigenvalue weighted by molar-refractivity contribution is 7.49. The van der Waals surface area contributed by atoms with E-state index in [1.165, 1.54) is 12.1 Å². The maximum Gasteiger partial charge on any atom is 0.341 e. The van der Waals surface area contributed by atoms with Crippen molar-refractivity contribution in [1.82, 2.24) is 0 Å². The largest absolute Gasteiger partial charge is 0.508 e. The summed E-state index contributed by atoms with van der Waals surface area (Å²) in [6.45, 7) is -0.794. The Hall–Kier alpha value is -7.08. The first-order valence-corrected chi connectivity index (χ1v) is 18.7. The van der Waals surface area contributed by atoms with E-state index >= 15 is 0 Å². The maximum absolute atomic E-state index is 12.1. The molecule has 0 aliphatic rings. The molecule has 0 aliphatic heterocycles. The van der Waals surface area contributed by atoms with Crippen LogP contribution in [0.25, 0.3) is 0 Å². The number of alkyl halides is 1. The SMILES string of the molecule is O=C(O)CCl.O=C(O)COc1ccc(C(=O)c2ccccc2)cc1.O=C(O)COc1ccc(C(=O)c2ccccc2)cc1.O=C(c1ccccc1)c1ccc(O)cc1.[B]P. The summed E-state index contributed by atoms with van der Waals surface area (Å²) in [4.78, 5) is 66.0. The maximum atomic E-state index is 12.1. The second-order valence-corrected chi connectivity index (χ2v) is 11.8. The average Bonchev–Trinajstić information content (AvgIpc) is 3.29. The van der Waals surface area contributed by atoms with E-state index in [9.17, 15) is 28.8 Å². The Labute approximate surface area is 354 Å². The van der Waals surface area contributed by atoms with E-state index in [2.05, 4.69) is 7.57 Å². The molecular weight excluding hydrogens is 810 g/mol. The van der Waals surface area contributed by atoms with Crippen molar-refractivity contribution in [2.75, 3.05) is 19.1 Å². The zero-order valence-electron chi connectivity index (χ0n) is 31.8. The number of aromatic hydroxyl groups is 1. The molecule has 0 saturated heterocycles. The fourth-order valence-corrected chi connectivity index (χ4v) is 4.58. The summed E-state index contributed by atoms with van der Waals surface area (Å²) in [6, 6.07) is 46.0. The number of carbonyl (C=O) groups excluding carboxylic acids is 3. The van der Waals surface area contributed by atoms with Crippen LogP contribution in [0.5, 0.6) is 17.2 Å². The van der Waals surface area contributed by atoms with E-state index in [1.807, 2.05) is 39.5 Å². The molecule has 0 aromatic heterocycles. The number of ether oxygens (including phenoxy) is 2. The van der Waals surface area contributed by atoms with Crippen LogP contribution in [0.1, 0.15) is 47.8 Å². The molecule has 60 heavy (non-hydrogen) atoms. The van der Waals surface area contributed by atoms with Crippen LogP contribution >= 0.6 is 20.7 Å². The molecular formula is C45H39BClO12P. The predicted octanol–water partition coefficient (Wildman–Crippen LogP) is 7.64. The van der Waals surface area contributed by atoms with E-state index in [1.54, 1.807) is 121 Å². The Kier molecular flexibility index (Phi) is 22.5. The molecule has 1 unspecified atom stereocenters. The second kappa shape index (κ2) is 27.5. The average molecular weight is 849 g/mol. The number of phenols is 1. The van der Waals surface area contributed by atoms with Crippen LogP contribution in [0.2, 0.25) is 0 Å². The number of ketones is 3. The quantitative estimate of drug-likeness (QED) is 0.0384. The van der Waals surface area contributed by atoms with Crippen molar-refractivity contribution < 1.29 is 58.7 Å². The summed E-state index contributed by atoms with van der Waals surface area (Å²) in [5, 5.41) is 33.7. The van der Waals surface area contributed by atoms with Gasteiger partial charge in [-0.25, -0.2) is 9.59 Å². The van der Waals surface area contributed by atoms with Crippen molar-refractivity contribution in [1.29, 1.82) is 0 Å². The number of carbonyl (C=O) groups is 6. The number of carboxylic acids is 3. The summed E-state index contributed by atoms with van der Waals surface area (Å²) in [5.74, 6) is -2.54. The van der Waals surface area contributed by atoms with Gasteiger partial charge < -0.3 is 29.9 Å². The van der Waals surface area contributed by atoms with Gasteiger partial charge in [-0.05, 0) is 72.8 Å². The highest BCUT2D eigenvalue weighted by Gasteiger charge is 2.10. The minimum atomic E-state index is -1.04. The van der Waals surface area contributed by atoms with Crippen molar-refractivity contribution in [3.63, 3.8) is 0 Å². The van der Waals surface area contributed by atoms with E-state index in [4.69, 9.17) is 41.5 Å². The van der Waals surface area contributed by atoms with Gasteiger partial charge in [0.2, 0.25) is 0 Å². The number of phenolic OH excluding ortho intramolecular Hbond substituents is 1. The Morgan fingerprint density at radius 1 is 0.417 bits per heavy atom. The Balaban J connectivity index is 0.000000289. The van der Waals surface area contributed by atoms with E-state index < -0.39 is 31.1 Å². The molecule has 6 aromatic carbocycles. The molecule has 306 valence electrons. The summed E-state index contributed by atoms with van der Waals surface area (Å²) in [5.41, 5.74) is 3.54. The number of benzene rings is 6. The van der Waals surface area contributed by atoms with Gasteiger partial charge in [-0.1, -0.05) is 91.0 Å². The van der Waals surface area contributed by atoms with Gasteiger partial charge in [0.15, 0.2) is 30.6 Å². The Bertz CT molecular complexity index is 2130. The molecule has 15 heteroatoms. The number of aliphatic carboxylic acids is 3. The highest BCUT2D eigenvalue weighted by atomic mass is 35.5. The standard InChI is InChI=1S/2C15H12O4.C13H10O2.C2H3ClO2.BH2P/c2*16-14(17)10-19-13-8-6-12(7-9-13)15(18)11-4-2-1-3-5-11;14-12-8-6-11(7-9-12)13(15)10-4-2-1-3-5-10;3-1-2(4)5;1-2/h2*1-9H,10H2,(H,16,17);1-9,14H;1H2,(H,4,5);2H2. The van der Waals surface area contributed by atoms with Crippen LogP contribution in [0.3, 0.4) is 0 Å². The Morgan fingerprint density at radius 3 is 0.883 bits per heavy atom. The van der Waals surface area contributed by atoms with Gasteiger partial charge in [-0.15, -0.1) is 11.6 Å². The third-order valence-corrected chi connectivity index (χ3v) is 7.54. The first kappa shape index (κ1) is 49.1. The van der Waals surface area contributed by atoms with Crippen molar-refractivity contribution in [3.8, 4) is 17.2 Å². The molecule has 0 amide bonds. The molecule has 0 spiro atoms. The molecule has 1 atom stereocenters. The zero-order valence-corrected chi connectivity index (χ0v) is 33.7. The van der Waals surface area contributed by atoms with Crippen molar-refractivity contribution >= 4 is 63.5 Å². The van der Waals surface area contributed by atoms with Gasteiger partial charge in [0.05, 0.1) is 7.57 Å². The van der Waals surface area contributed by atoms with E-state index in [0.29, 0.717) is 44.9 Å². The third-order valence-electron chi connectivity index (χ3n) is 7.31.